The molecule has 0 unspecified atom stereocenters. The number of nitrogens with zero attached hydrogens (tertiary/aromatic N) is 4. The second-order valence-corrected chi connectivity index (χ2v) is 5.81. The van der Waals surface area contributed by atoms with E-state index in [0.717, 1.165) is 24.2 Å². The van der Waals surface area contributed by atoms with Crippen LogP contribution in [0.15, 0.2) is 11.2 Å². The molecule has 6 heteroatoms. The molecule has 0 aliphatic heterocycles. The Labute approximate surface area is 117 Å². The Kier molecular flexibility index (Phi) is 4.10. The quantitative estimate of drug-likeness (QED) is 0.852. The van der Waals surface area contributed by atoms with E-state index < -0.39 is 5.60 Å². The highest BCUT2D eigenvalue weighted by Gasteiger charge is 2.23. The summed E-state index contributed by atoms with van der Waals surface area (Å²) in [6.45, 7) is 7.92. The van der Waals surface area contributed by atoms with Crippen molar-refractivity contribution in [1.82, 2.24) is 19.6 Å². The van der Waals surface area contributed by atoms with E-state index in [1.54, 1.807) is 4.52 Å². The second kappa shape index (κ2) is 5.46. The van der Waals surface area contributed by atoms with Crippen molar-refractivity contribution in [3.8, 4) is 0 Å². The highest BCUT2D eigenvalue weighted by Crippen LogP contribution is 2.25. The molecule has 2 aromatic heterocycles. The van der Waals surface area contributed by atoms with E-state index in [0.29, 0.717) is 16.7 Å². The van der Waals surface area contributed by atoms with E-state index in [9.17, 15) is 5.11 Å². The largest absolute Gasteiger partial charge is 0.389 e. The molecule has 1 N–H and O–H groups in total. The lowest BCUT2D eigenvalue weighted by molar-refractivity contribution is 0.0571. The number of aromatic nitrogens is 4. The third-order valence-corrected chi connectivity index (χ3v) is 4.50. The Hall–Kier alpha value is -1.14. The predicted octanol–water partition coefficient (Wildman–Crippen LogP) is 2.38. The molecule has 0 radical (unpaired) electrons. The first-order valence-electron chi connectivity index (χ1n) is 6.53. The van der Waals surface area contributed by atoms with Crippen molar-refractivity contribution in [1.29, 1.82) is 0 Å². The lowest BCUT2D eigenvalue weighted by Crippen LogP contribution is -2.29. The monoisotopic (exact) mass is 280 g/mol. The minimum absolute atomic E-state index is 0.606. The Bertz CT molecular complexity index is 577. The summed E-state index contributed by atoms with van der Waals surface area (Å²) in [5.74, 6) is 1.23. The first kappa shape index (κ1) is 14.3. The lowest BCUT2D eigenvalue weighted by Gasteiger charge is -2.23. The predicted molar refractivity (Wildman–Crippen MR) is 76.5 cm³/mol. The maximum atomic E-state index is 10.3. The highest BCUT2D eigenvalue weighted by atomic mass is 32.2. The zero-order valence-corrected chi connectivity index (χ0v) is 12.7. The van der Waals surface area contributed by atoms with E-state index in [1.165, 1.54) is 11.8 Å². The molecule has 0 atom stereocenters. The van der Waals surface area contributed by atoms with Crippen LogP contribution in [0, 0.1) is 13.8 Å². The van der Waals surface area contributed by atoms with Gasteiger partial charge in [-0.2, -0.15) is 4.98 Å². The third-order valence-electron chi connectivity index (χ3n) is 3.39. The molecule has 0 amide bonds. The summed E-state index contributed by atoms with van der Waals surface area (Å²) in [5.41, 5.74) is 1.32. The molecule has 0 bridgehead atoms. The molecule has 2 aromatic rings. The first-order valence-corrected chi connectivity index (χ1v) is 7.52. The maximum Gasteiger partial charge on any atom is 0.253 e. The molecule has 5 nitrogen and oxygen atoms in total. The van der Waals surface area contributed by atoms with E-state index >= 15 is 0 Å². The van der Waals surface area contributed by atoms with Gasteiger partial charge in [-0.05, 0) is 32.8 Å². The molecule has 104 valence electrons. The summed E-state index contributed by atoms with van der Waals surface area (Å²) >= 11 is 1.48. The minimum atomic E-state index is -0.638. The van der Waals surface area contributed by atoms with Crippen LogP contribution in [-0.4, -0.2) is 36.0 Å². The molecule has 19 heavy (non-hydrogen) atoms. The van der Waals surface area contributed by atoms with Crippen LogP contribution >= 0.6 is 11.8 Å². The highest BCUT2D eigenvalue weighted by molar-refractivity contribution is 7.99. The smallest absolute Gasteiger partial charge is 0.253 e. The fourth-order valence-electron chi connectivity index (χ4n) is 1.86. The second-order valence-electron chi connectivity index (χ2n) is 4.87. The van der Waals surface area contributed by atoms with Gasteiger partial charge in [-0.1, -0.05) is 25.6 Å². The van der Waals surface area contributed by atoms with Crippen LogP contribution in [0.3, 0.4) is 0 Å². The average Bonchev–Trinajstić information content (AvgIpc) is 2.79. The summed E-state index contributed by atoms with van der Waals surface area (Å²) in [5, 5.41) is 15.4. The van der Waals surface area contributed by atoms with Gasteiger partial charge in [-0.25, -0.2) is 9.50 Å². The Morgan fingerprint density at radius 3 is 2.58 bits per heavy atom. The summed E-state index contributed by atoms with van der Waals surface area (Å²) in [4.78, 5) is 8.75. The van der Waals surface area contributed by atoms with Crippen molar-refractivity contribution >= 4 is 17.5 Å². The number of fused-ring (bicyclic) bond motifs is 1. The van der Waals surface area contributed by atoms with E-state index in [1.807, 2.05) is 33.8 Å². The minimum Gasteiger partial charge on any atom is -0.389 e. The number of hydrogen-bond donors (Lipinski definition) is 1. The van der Waals surface area contributed by atoms with Gasteiger partial charge in [0.1, 0.15) is 0 Å². The molecule has 0 saturated carbocycles. The van der Waals surface area contributed by atoms with E-state index in [4.69, 9.17) is 0 Å². The Morgan fingerprint density at radius 2 is 1.95 bits per heavy atom. The van der Waals surface area contributed by atoms with Crippen molar-refractivity contribution in [2.75, 3.05) is 5.75 Å². The van der Waals surface area contributed by atoms with Crippen LogP contribution in [0.5, 0.6) is 0 Å². The summed E-state index contributed by atoms with van der Waals surface area (Å²) < 4.78 is 1.74. The molecule has 0 aliphatic carbocycles. The summed E-state index contributed by atoms with van der Waals surface area (Å²) in [6, 6.07) is 1.98. The zero-order valence-electron chi connectivity index (χ0n) is 11.8. The van der Waals surface area contributed by atoms with Crippen LogP contribution in [0.2, 0.25) is 0 Å². The van der Waals surface area contributed by atoms with Gasteiger partial charge < -0.3 is 5.11 Å². The first-order chi connectivity index (χ1) is 8.97. The number of rotatable bonds is 5. The molecule has 0 spiro atoms. The number of thioether (sulfide) groups is 1. The Morgan fingerprint density at radius 1 is 1.26 bits per heavy atom. The van der Waals surface area contributed by atoms with Crippen LogP contribution < -0.4 is 0 Å². The standard InChI is InChI=1S/C13H20N4OS/c1-5-13(18,6-2)8-19-12-15-11-14-9(3)7-10(4)17(11)16-12/h7,18H,5-6,8H2,1-4H3. The van der Waals surface area contributed by atoms with Gasteiger partial charge in [-0.3, -0.25) is 0 Å². The maximum absolute atomic E-state index is 10.3. The summed E-state index contributed by atoms with van der Waals surface area (Å²) in [6.07, 6.45) is 1.47. The molecule has 0 aliphatic rings. The van der Waals surface area contributed by atoms with Crippen molar-refractivity contribution in [2.24, 2.45) is 0 Å². The topological polar surface area (TPSA) is 63.3 Å². The van der Waals surface area contributed by atoms with Gasteiger partial charge in [-0.15, -0.1) is 5.10 Å². The molecular formula is C13H20N4OS. The SMILES string of the molecule is CCC(O)(CC)CSc1nc2nc(C)cc(C)n2n1. The van der Waals surface area contributed by atoms with Gasteiger partial charge in [0.25, 0.3) is 5.78 Å². The number of hydrogen-bond acceptors (Lipinski definition) is 5. The number of aryl methyl sites for hydroxylation is 2. The summed E-state index contributed by atoms with van der Waals surface area (Å²) in [7, 11) is 0. The van der Waals surface area contributed by atoms with E-state index in [-0.39, 0.29) is 0 Å². The zero-order chi connectivity index (χ0) is 14.0. The van der Waals surface area contributed by atoms with Crippen LogP contribution in [0.25, 0.3) is 5.78 Å². The van der Waals surface area contributed by atoms with Crippen LogP contribution in [0.1, 0.15) is 38.1 Å². The van der Waals surface area contributed by atoms with E-state index in [2.05, 4.69) is 15.1 Å². The number of aliphatic hydroxyl groups is 1. The average molecular weight is 280 g/mol. The van der Waals surface area contributed by atoms with Gasteiger partial charge >= 0.3 is 0 Å². The van der Waals surface area contributed by atoms with Crippen molar-refractivity contribution in [3.63, 3.8) is 0 Å². The van der Waals surface area contributed by atoms with Gasteiger partial charge in [0, 0.05) is 17.1 Å². The fourth-order valence-corrected chi connectivity index (χ4v) is 2.95. The van der Waals surface area contributed by atoms with Crippen LogP contribution in [0.4, 0.5) is 0 Å². The normalized spacial score (nSPS) is 12.3. The van der Waals surface area contributed by atoms with Crippen molar-refractivity contribution in [2.45, 2.75) is 51.3 Å². The fraction of sp³-hybridized carbons (Fsp3) is 0.615. The van der Waals surface area contributed by atoms with Crippen molar-refractivity contribution < 1.29 is 5.11 Å². The van der Waals surface area contributed by atoms with Gasteiger partial charge in [0.2, 0.25) is 5.16 Å². The molecule has 0 saturated heterocycles. The Balaban J connectivity index is 2.21. The van der Waals surface area contributed by atoms with Crippen molar-refractivity contribution in [3.05, 3.63) is 17.5 Å². The van der Waals surface area contributed by atoms with Gasteiger partial charge in [0.15, 0.2) is 0 Å². The molecule has 0 aromatic carbocycles. The molecular weight excluding hydrogens is 260 g/mol. The molecule has 0 fully saturated rings. The van der Waals surface area contributed by atoms with Gasteiger partial charge in [0.05, 0.1) is 5.60 Å². The lowest BCUT2D eigenvalue weighted by atomic mass is 10.0. The molecule has 2 rings (SSSR count). The third kappa shape index (κ3) is 3.06. The van der Waals surface area contributed by atoms with Crippen LogP contribution in [-0.2, 0) is 0 Å². The molecule has 2 heterocycles.